The van der Waals surface area contributed by atoms with Gasteiger partial charge in [-0.3, -0.25) is 4.99 Å². The third-order valence-electron chi connectivity index (χ3n) is 5.04. The maximum absolute atomic E-state index is 5.73. The fourth-order valence-electron chi connectivity index (χ4n) is 3.57. The third kappa shape index (κ3) is 7.72. The van der Waals surface area contributed by atoms with E-state index < -0.39 is 0 Å². The van der Waals surface area contributed by atoms with Crippen molar-refractivity contribution in [2.45, 2.75) is 38.7 Å². The monoisotopic (exact) mass is 499 g/mol. The minimum Gasteiger partial charge on any atom is -0.377 e. The van der Waals surface area contributed by atoms with Crippen LogP contribution in [0.4, 0.5) is 0 Å². The summed E-state index contributed by atoms with van der Waals surface area (Å²) in [5, 5.41) is 3.43. The van der Waals surface area contributed by atoms with Crippen molar-refractivity contribution in [3.05, 3.63) is 41.5 Å². The second kappa shape index (κ2) is 13.2. The van der Waals surface area contributed by atoms with Gasteiger partial charge in [0.05, 0.1) is 25.9 Å². The summed E-state index contributed by atoms with van der Waals surface area (Å²) in [6.45, 7) is 7.96. The minimum atomic E-state index is 0. The largest absolute Gasteiger partial charge is 0.377 e. The zero-order valence-corrected chi connectivity index (χ0v) is 19.3. The molecule has 2 aliphatic rings. The van der Waals surface area contributed by atoms with Gasteiger partial charge in [-0.2, -0.15) is 0 Å². The Morgan fingerprint density at radius 2 is 2.07 bits per heavy atom. The number of hydrogen-bond acceptors (Lipinski definition) is 3. The number of nitrogens with zero attached hydrogens (tertiary/aromatic N) is 2. The highest BCUT2D eigenvalue weighted by Gasteiger charge is 2.17. The molecule has 0 saturated carbocycles. The van der Waals surface area contributed by atoms with Crippen molar-refractivity contribution in [2.75, 3.05) is 46.0 Å². The smallest absolute Gasteiger partial charge is 0.194 e. The first kappa shape index (κ1) is 23.2. The van der Waals surface area contributed by atoms with Gasteiger partial charge in [0.2, 0.25) is 0 Å². The van der Waals surface area contributed by atoms with Crippen LogP contribution >= 0.6 is 24.0 Å². The summed E-state index contributed by atoms with van der Waals surface area (Å²) < 4.78 is 11.3. The molecule has 1 atom stereocenters. The van der Waals surface area contributed by atoms with Gasteiger partial charge < -0.3 is 19.7 Å². The molecule has 1 aromatic rings. The van der Waals surface area contributed by atoms with Crippen molar-refractivity contribution in [1.29, 1.82) is 0 Å². The molecule has 1 aromatic carbocycles. The Labute approximate surface area is 186 Å². The van der Waals surface area contributed by atoms with Crippen LogP contribution in [0.25, 0.3) is 6.08 Å². The van der Waals surface area contributed by atoms with Gasteiger partial charge in [-0.25, -0.2) is 0 Å². The molecule has 2 aliphatic heterocycles. The number of halogens is 1. The average Bonchev–Trinajstić information content (AvgIpc) is 3.22. The van der Waals surface area contributed by atoms with Crippen molar-refractivity contribution in [1.82, 2.24) is 10.2 Å². The van der Waals surface area contributed by atoms with Crippen LogP contribution in [0.15, 0.2) is 40.9 Å². The highest BCUT2D eigenvalue weighted by atomic mass is 127. The number of piperidine rings is 1. The Hall–Kier alpha value is -1.12. The SMILES string of the molecule is CCNC(=NCCOCC1CCCO1)N1CCC(=Cc2ccccc2)CC1.I. The van der Waals surface area contributed by atoms with Gasteiger partial charge in [-0.05, 0) is 38.2 Å². The van der Waals surface area contributed by atoms with Gasteiger partial charge in [0.15, 0.2) is 5.96 Å². The molecule has 156 valence electrons. The van der Waals surface area contributed by atoms with Gasteiger partial charge in [0.1, 0.15) is 0 Å². The van der Waals surface area contributed by atoms with Crippen molar-refractivity contribution in [2.24, 2.45) is 4.99 Å². The molecule has 0 amide bonds. The van der Waals surface area contributed by atoms with Crippen molar-refractivity contribution in [3.63, 3.8) is 0 Å². The predicted octanol–water partition coefficient (Wildman–Crippen LogP) is 3.94. The van der Waals surface area contributed by atoms with E-state index in [1.807, 2.05) is 0 Å². The highest BCUT2D eigenvalue weighted by Crippen LogP contribution is 2.19. The first-order valence-corrected chi connectivity index (χ1v) is 10.3. The summed E-state index contributed by atoms with van der Waals surface area (Å²) in [6.07, 6.45) is 7.09. The molecule has 0 spiro atoms. The topological polar surface area (TPSA) is 46.1 Å². The number of aliphatic imine (C=N–C) groups is 1. The Bertz CT molecular complexity index is 605. The molecular weight excluding hydrogens is 465 g/mol. The maximum atomic E-state index is 5.73. The minimum absolute atomic E-state index is 0. The second-order valence-corrected chi connectivity index (χ2v) is 7.15. The van der Waals surface area contributed by atoms with Crippen LogP contribution in [0.1, 0.15) is 38.2 Å². The van der Waals surface area contributed by atoms with E-state index in [0.29, 0.717) is 25.9 Å². The summed E-state index contributed by atoms with van der Waals surface area (Å²) in [4.78, 5) is 7.12. The highest BCUT2D eigenvalue weighted by molar-refractivity contribution is 14.0. The number of hydrogen-bond donors (Lipinski definition) is 1. The van der Waals surface area contributed by atoms with Crippen LogP contribution < -0.4 is 5.32 Å². The zero-order valence-electron chi connectivity index (χ0n) is 16.9. The zero-order chi connectivity index (χ0) is 18.7. The van der Waals surface area contributed by atoms with Gasteiger partial charge >= 0.3 is 0 Å². The normalized spacial score (nSPS) is 20.0. The fourth-order valence-corrected chi connectivity index (χ4v) is 3.57. The standard InChI is InChI=1S/C22H33N3O2.HI/c1-2-23-22(24-12-16-26-18-21-9-6-15-27-21)25-13-10-20(11-14-25)17-19-7-4-3-5-8-19;/h3-5,7-8,17,21H,2,6,9-16,18H2,1H3,(H,23,24);1H. The second-order valence-electron chi connectivity index (χ2n) is 7.15. The number of nitrogens with one attached hydrogen (secondary N) is 1. The van der Waals surface area contributed by atoms with Crippen LogP contribution in [0.2, 0.25) is 0 Å². The molecule has 28 heavy (non-hydrogen) atoms. The molecule has 3 rings (SSSR count). The Kier molecular flexibility index (Phi) is 10.9. The lowest BCUT2D eigenvalue weighted by molar-refractivity contribution is 0.0199. The number of likely N-dealkylation sites (tertiary alicyclic amines) is 1. The molecule has 1 unspecified atom stereocenters. The lowest BCUT2D eigenvalue weighted by Gasteiger charge is -2.31. The van der Waals surface area contributed by atoms with Crippen molar-refractivity contribution in [3.8, 4) is 0 Å². The molecule has 2 fully saturated rings. The van der Waals surface area contributed by atoms with E-state index in [0.717, 1.165) is 57.9 Å². The molecule has 2 heterocycles. The average molecular weight is 499 g/mol. The molecule has 5 nitrogen and oxygen atoms in total. The van der Waals surface area contributed by atoms with Crippen molar-refractivity contribution < 1.29 is 9.47 Å². The number of benzene rings is 1. The van der Waals surface area contributed by atoms with E-state index in [1.165, 1.54) is 11.1 Å². The Morgan fingerprint density at radius 1 is 1.29 bits per heavy atom. The molecule has 6 heteroatoms. The maximum Gasteiger partial charge on any atom is 0.194 e. The van der Waals surface area contributed by atoms with E-state index in [9.17, 15) is 0 Å². The van der Waals surface area contributed by atoms with Crippen LogP contribution in [0.5, 0.6) is 0 Å². The number of ether oxygens (including phenoxy) is 2. The van der Waals surface area contributed by atoms with Crippen molar-refractivity contribution >= 4 is 36.0 Å². The molecule has 2 saturated heterocycles. The van der Waals surface area contributed by atoms with Gasteiger partial charge in [0.25, 0.3) is 0 Å². The van der Waals surface area contributed by atoms with Gasteiger partial charge in [-0.1, -0.05) is 42.0 Å². The molecule has 0 aliphatic carbocycles. The summed E-state index contributed by atoms with van der Waals surface area (Å²) in [5.41, 5.74) is 2.82. The number of guanidine groups is 1. The Morgan fingerprint density at radius 3 is 2.75 bits per heavy atom. The summed E-state index contributed by atoms with van der Waals surface area (Å²) in [7, 11) is 0. The molecule has 0 radical (unpaired) electrons. The van der Waals surface area contributed by atoms with Gasteiger partial charge in [0, 0.05) is 26.2 Å². The van der Waals surface area contributed by atoms with Crippen LogP contribution in [-0.4, -0.2) is 63.0 Å². The van der Waals surface area contributed by atoms with E-state index in [1.54, 1.807) is 0 Å². The van der Waals surface area contributed by atoms with Crippen LogP contribution in [0, 0.1) is 0 Å². The van der Waals surface area contributed by atoms with Crippen LogP contribution in [-0.2, 0) is 9.47 Å². The molecule has 1 N–H and O–H groups in total. The summed E-state index contributed by atoms with van der Waals surface area (Å²) >= 11 is 0. The first-order valence-electron chi connectivity index (χ1n) is 10.3. The molecular formula is C22H34IN3O2. The van der Waals surface area contributed by atoms with E-state index >= 15 is 0 Å². The van der Waals surface area contributed by atoms with Gasteiger partial charge in [-0.15, -0.1) is 24.0 Å². The Balaban J connectivity index is 0.00000280. The summed E-state index contributed by atoms with van der Waals surface area (Å²) in [6, 6.07) is 10.6. The fraction of sp³-hybridized carbons (Fsp3) is 0.591. The lowest BCUT2D eigenvalue weighted by atomic mass is 10.0. The third-order valence-corrected chi connectivity index (χ3v) is 5.04. The van der Waals surface area contributed by atoms with E-state index in [-0.39, 0.29) is 24.0 Å². The lowest BCUT2D eigenvalue weighted by Crippen LogP contribution is -2.44. The first-order chi connectivity index (χ1) is 13.3. The molecule has 0 bridgehead atoms. The summed E-state index contributed by atoms with van der Waals surface area (Å²) in [5.74, 6) is 1.01. The molecule has 0 aromatic heterocycles. The quantitative estimate of drug-likeness (QED) is 0.267. The predicted molar refractivity (Wildman–Crippen MR) is 126 cm³/mol. The van der Waals surface area contributed by atoms with E-state index in [4.69, 9.17) is 14.5 Å². The van der Waals surface area contributed by atoms with E-state index in [2.05, 4.69) is 53.5 Å². The number of rotatable bonds is 7. The van der Waals surface area contributed by atoms with Crippen LogP contribution in [0.3, 0.4) is 0 Å².